The summed E-state index contributed by atoms with van der Waals surface area (Å²) in [6, 6.07) is 11.0. The van der Waals surface area contributed by atoms with Crippen LogP contribution in [0.25, 0.3) is 0 Å². The molecule has 1 N–H and O–H groups in total. The van der Waals surface area contributed by atoms with E-state index in [-0.39, 0.29) is 17.1 Å². The molecule has 0 saturated carbocycles. The molecule has 0 aliphatic heterocycles. The van der Waals surface area contributed by atoms with Gasteiger partial charge in [0.15, 0.2) is 0 Å². The van der Waals surface area contributed by atoms with Crippen LogP contribution >= 0.6 is 23.2 Å². The largest absolute Gasteiger partial charge is 0.488 e. The van der Waals surface area contributed by atoms with Crippen LogP contribution in [0.1, 0.15) is 83.1 Å². The maximum absolute atomic E-state index is 12.4. The van der Waals surface area contributed by atoms with Crippen LogP contribution in [0, 0.1) is 0 Å². The summed E-state index contributed by atoms with van der Waals surface area (Å²) in [5.41, 5.74) is 1.08. The number of rotatable bonds is 12. The first-order valence-corrected chi connectivity index (χ1v) is 12.5. The molecule has 33 heavy (non-hydrogen) atoms. The highest BCUT2D eigenvalue weighted by Crippen LogP contribution is 2.32. The van der Waals surface area contributed by atoms with Gasteiger partial charge in [-0.25, -0.2) is 0 Å². The lowest BCUT2D eigenvalue weighted by atomic mass is 10.0. The molecule has 0 spiro atoms. The van der Waals surface area contributed by atoms with Crippen molar-refractivity contribution >= 4 is 29.1 Å². The average Bonchev–Trinajstić information content (AvgIpc) is 2.74. The van der Waals surface area contributed by atoms with Crippen molar-refractivity contribution in [2.45, 2.75) is 84.8 Å². The maximum Gasteiger partial charge on any atom is 0.252 e. The standard InChI is InChI=1S/C27H37Cl2NO3/c1-7-26(3,4)32-21-14-12-19(24(18-21)33-27(5,6)8-2)11-9-10-16-30-25(31)22-15-13-20(28)17-23(22)29/h12-15,17-18H,7-11,16H2,1-6H3,(H,30,31). The van der Waals surface area contributed by atoms with Gasteiger partial charge in [-0.3, -0.25) is 4.79 Å². The molecular weight excluding hydrogens is 457 g/mol. The van der Waals surface area contributed by atoms with Gasteiger partial charge in [-0.1, -0.05) is 43.1 Å². The van der Waals surface area contributed by atoms with Gasteiger partial charge >= 0.3 is 0 Å². The first kappa shape index (κ1) is 27.3. The molecule has 0 fully saturated rings. The molecule has 0 aromatic heterocycles. The van der Waals surface area contributed by atoms with E-state index in [0.717, 1.165) is 49.2 Å². The average molecular weight is 495 g/mol. The van der Waals surface area contributed by atoms with Crippen molar-refractivity contribution < 1.29 is 14.3 Å². The molecule has 0 bridgehead atoms. The summed E-state index contributed by atoms with van der Waals surface area (Å²) in [5, 5.41) is 3.80. The molecule has 0 heterocycles. The van der Waals surface area contributed by atoms with Crippen molar-refractivity contribution in [3.63, 3.8) is 0 Å². The Morgan fingerprint density at radius 3 is 2.21 bits per heavy atom. The molecule has 1 amide bonds. The second-order valence-corrected chi connectivity index (χ2v) is 10.4. The number of carbonyl (C=O) groups is 1. The normalized spacial score (nSPS) is 11.9. The summed E-state index contributed by atoms with van der Waals surface area (Å²) in [5.74, 6) is 1.49. The fourth-order valence-electron chi connectivity index (χ4n) is 3.07. The van der Waals surface area contributed by atoms with Gasteiger partial charge in [-0.2, -0.15) is 0 Å². The van der Waals surface area contributed by atoms with E-state index < -0.39 is 0 Å². The summed E-state index contributed by atoms with van der Waals surface area (Å²) in [4.78, 5) is 12.4. The fraction of sp³-hybridized carbons (Fsp3) is 0.519. The Labute approximate surface area is 209 Å². The molecule has 182 valence electrons. The number of amides is 1. The molecule has 2 aromatic rings. The summed E-state index contributed by atoms with van der Waals surface area (Å²) >= 11 is 12.0. The van der Waals surface area contributed by atoms with Crippen molar-refractivity contribution in [2.75, 3.05) is 6.54 Å². The Morgan fingerprint density at radius 1 is 0.909 bits per heavy atom. The van der Waals surface area contributed by atoms with Crippen LogP contribution in [0.4, 0.5) is 0 Å². The lowest BCUT2D eigenvalue weighted by molar-refractivity contribution is 0.0942. The lowest BCUT2D eigenvalue weighted by Crippen LogP contribution is -2.28. The first-order valence-electron chi connectivity index (χ1n) is 11.7. The number of ether oxygens (including phenoxy) is 2. The third-order valence-electron chi connectivity index (χ3n) is 5.86. The molecule has 2 rings (SSSR count). The van der Waals surface area contributed by atoms with Gasteiger partial charge in [0.05, 0.1) is 10.6 Å². The van der Waals surface area contributed by atoms with E-state index in [1.54, 1.807) is 18.2 Å². The maximum atomic E-state index is 12.4. The summed E-state index contributed by atoms with van der Waals surface area (Å²) < 4.78 is 12.5. The predicted molar refractivity (Wildman–Crippen MR) is 138 cm³/mol. The molecule has 0 saturated heterocycles. The van der Waals surface area contributed by atoms with Gasteiger partial charge in [0.2, 0.25) is 0 Å². The lowest BCUT2D eigenvalue weighted by Gasteiger charge is -2.29. The molecule has 2 aromatic carbocycles. The minimum atomic E-state index is -0.264. The smallest absolute Gasteiger partial charge is 0.252 e. The predicted octanol–water partition coefficient (Wildman–Crippen LogP) is 7.88. The Hall–Kier alpha value is -1.91. The number of hydrogen-bond acceptors (Lipinski definition) is 3. The molecular formula is C27H37Cl2NO3. The second kappa shape index (κ2) is 12.0. The van der Waals surface area contributed by atoms with Gasteiger partial charge in [-0.05, 0) is 89.6 Å². The second-order valence-electron chi connectivity index (χ2n) is 9.54. The number of halogens is 2. The van der Waals surface area contributed by atoms with Crippen molar-refractivity contribution in [3.05, 3.63) is 57.6 Å². The van der Waals surface area contributed by atoms with Gasteiger partial charge < -0.3 is 14.8 Å². The van der Waals surface area contributed by atoms with E-state index in [4.69, 9.17) is 32.7 Å². The minimum Gasteiger partial charge on any atom is -0.488 e. The number of hydrogen-bond donors (Lipinski definition) is 1. The van der Waals surface area contributed by atoms with Crippen LogP contribution in [-0.2, 0) is 6.42 Å². The molecule has 6 heteroatoms. The highest BCUT2D eigenvalue weighted by Gasteiger charge is 2.21. The van der Waals surface area contributed by atoms with Crippen LogP contribution in [0.5, 0.6) is 11.5 Å². The molecule has 0 aliphatic rings. The van der Waals surface area contributed by atoms with Gasteiger partial charge in [0, 0.05) is 17.6 Å². The van der Waals surface area contributed by atoms with Crippen LogP contribution in [0.3, 0.4) is 0 Å². The summed E-state index contributed by atoms with van der Waals surface area (Å²) in [6.45, 7) is 13.2. The van der Waals surface area contributed by atoms with Gasteiger partial charge in [0.1, 0.15) is 22.7 Å². The van der Waals surface area contributed by atoms with Crippen molar-refractivity contribution in [3.8, 4) is 11.5 Å². The zero-order valence-electron chi connectivity index (χ0n) is 20.7. The van der Waals surface area contributed by atoms with E-state index >= 15 is 0 Å². The molecule has 0 unspecified atom stereocenters. The van der Waals surface area contributed by atoms with Crippen LogP contribution in [0.15, 0.2) is 36.4 Å². The molecule has 0 radical (unpaired) electrons. The van der Waals surface area contributed by atoms with Crippen LogP contribution < -0.4 is 14.8 Å². The Bertz CT molecular complexity index is 941. The highest BCUT2D eigenvalue weighted by atomic mass is 35.5. The first-order chi connectivity index (χ1) is 15.5. The number of unbranched alkanes of at least 4 members (excludes halogenated alkanes) is 1. The quantitative estimate of drug-likeness (QED) is 0.305. The fourth-order valence-corrected chi connectivity index (χ4v) is 3.57. The monoisotopic (exact) mass is 493 g/mol. The summed E-state index contributed by atoms with van der Waals surface area (Å²) in [6.07, 6.45) is 4.42. The van der Waals surface area contributed by atoms with Crippen molar-refractivity contribution in [1.82, 2.24) is 5.32 Å². The number of aryl methyl sites for hydroxylation is 1. The Kier molecular flexibility index (Phi) is 9.93. The number of nitrogens with one attached hydrogen (secondary N) is 1. The van der Waals surface area contributed by atoms with Gasteiger partial charge in [0.25, 0.3) is 5.91 Å². The topological polar surface area (TPSA) is 47.6 Å². The van der Waals surface area contributed by atoms with Crippen molar-refractivity contribution in [2.24, 2.45) is 0 Å². The van der Waals surface area contributed by atoms with E-state index in [2.05, 4.69) is 52.9 Å². The number of benzene rings is 2. The third kappa shape index (κ3) is 8.75. The highest BCUT2D eigenvalue weighted by molar-refractivity contribution is 6.36. The van der Waals surface area contributed by atoms with E-state index in [1.165, 1.54) is 0 Å². The molecule has 4 nitrogen and oxygen atoms in total. The number of carbonyl (C=O) groups excluding carboxylic acids is 1. The van der Waals surface area contributed by atoms with Crippen LogP contribution in [0.2, 0.25) is 10.0 Å². The van der Waals surface area contributed by atoms with E-state index in [9.17, 15) is 4.79 Å². The molecule has 0 aliphatic carbocycles. The van der Waals surface area contributed by atoms with Crippen molar-refractivity contribution in [1.29, 1.82) is 0 Å². The zero-order valence-corrected chi connectivity index (χ0v) is 22.2. The summed E-state index contributed by atoms with van der Waals surface area (Å²) in [7, 11) is 0. The van der Waals surface area contributed by atoms with Gasteiger partial charge in [-0.15, -0.1) is 0 Å². The third-order valence-corrected chi connectivity index (χ3v) is 6.40. The van der Waals surface area contributed by atoms with E-state index in [0.29, 0.717) is 22.2 Å². The minimum absolute atomic E-state index is 0.189. The zero-order chi connectivity index (χ0) is 24.6. The molecule has 0 atom stereocenters. The Balaban J connectivity index is 1.98. The Morgan fingerprint density at radius 2 is 1.58 bits per heavy atom. The van der Waals surface area contributed by atoms with Crippen LogP contribution in [-0.4, -0.2) is 23.7 Å². The van der Waals surface area contributed by atoms with E-state index in [1.807, 2.05) is 12.1 Å². The SMILES string of the molecule is CCC(C)(C)Oc1ccc(CCCCNC(=O)c2ccc(Cl)cc2Cl)c(OC(C)(C)CC)c1.